The lowest BCUT2D eigenvalue weighted by Gasteiger charge is -2.10. The summed E-state index contributed by atoms with van der Waals surface area (Å²) in [6.45, 7) is 2.00. The average molecular weight is 172 g/mol. The van der Waals surface area contributed by atoms with Crippen LogP contribution in [0.15, 0.2) is 18.2 Å². The number of hydrogen-bond donors (Lipinski definition) is 1. The first-order chi connectivity index (χ1) is 6.14. The Morgan fingerprint density at radius 3 is 2.62 bits per heavy atom. The van der Waals surface area contributed by atoms with E-state index in [1.165, 1.54) is 0 Å². The Kier molecular flexibility index (Phi) is 1.64. The fourth-order valence-corrected chi connectivity index (χ4v) is 1.56. The predicted molar refractivity (Wildman–Crippen MR) is 51.0 cm³/mol. The lowest BCUT2D eigenvalue weighted by molar-refractivity contribution is 0.738. The van der Waals surface area contributed by atoms with Gasteiger partial charge in [0.25, 0.3) is 0 Å². The van der Waals surface area contributed by atoms with Crippen LogP contribution in [0.4, 0.5) is 0 Å². The summed E-state index contributed by atoms with van der Waals surface area (Å²) in [5.74, 6) is 0. The standard InChI is InChI=1S/C11H12N2/c1-8-4-9(7-12)6-10(5-8)11(13)2-3-11/h4-6H,2-3,13H2,1H3. The maximum absolute atomic E-state index is 8.78. The van der Waals surface area contributed by atoms with Gasteiger partial charge in [-0.05, 0) is 43.0 Å². The highest BCUT2D eigenvalue weighted by Crippen LogP contribution is 2.42. The minimum Gasteiger partial charge on any atom is -0.321 e. The molecule has 0 spiro atoms. The molecule has 1 aromatic rings. The molecule has 13 heavy (non-hydrogen) atoms. The van der Waals surface area contributed by atoms with Gasteiger partial charge in [0.1, 0.15) is 0 Å². The molecule has 0 saturated heterocycles. The Morgan fingerprint density at radius 2 is 2.08 bits per heavy atom. The first-order valence-corrected chi connectivity index (χ1v) is 4.45. The Morgan fingerprint density at radius 1 is 1.38 bits per heavy atom. The van der Waals surface area contributed by atoms with Crippen molar-refractivity contribution >= 4 is 0 Å². The summed E-state index contributed by atoms with van der Waals surface area (Å²) in [7, 11) is 0. The molecule has 1 aliphatic carbocycles. The van der Waals surface area contributed by atoms with Gasteiger partial charge >= 0.3 is 0 Å². The minimum absolute atomic E-state index is 0.127. The van der Waals surface area contributed by atoms with E-state index in [1.54, 1.807) is 0 Å². The molecule has 2 nitrogen and oxygen atoms in total. The molecular weight excluding hydrogens is 160 g/mol. The second kappa shape index (κ2) is 2.58. The molecule has 0 amide bonds. The van der Waals surface area contributed by atoms with Crippen molar-refractivity contribution in [2.75, 3.05) is 0 Å². The van der Waals surface area contributed by atoms with Gasteiger partial charge in [0.2, 0.25) is 0 Å². The van der Waals surface area contributed by atoms with Crippen molar-refractivity contribution in [1.29, 1.82) is 5.26 Å². The van der Waals surface area contributed by atoms with Crippen LogP contribution in [0.5, 0.6) is 0 Å². The number of nitrogens with two attached hydrogens (primary N) is 1. The topological polar surface area (TPSA) is 49.8 Å². The number of nitrogens with zero attached hydrogens (tertiary/aromatic N) is 1. The molecule has 0 radical (unpaired) electrons. The van der Waals surface area contributed by atoms with Crippen molar-refractivity contribution in [1.82, 2.24) is 0 Å². The van der Waals surface area contributed by atoms with E-state index in [0.29, 0.717) is 5.56 Å². The highest BCUT2D eigenvalue weighted by molar-refractivity contribution is 5.41. The third-order valence-electron chi connectivity index (χ3n) is 2.57. The van der Waals surface area contributed by atoms with Gasteiger partial charge in [0.05, 0.1) is 11.6 Å². The summed E-state index contributed by atoms with van der Waals surface area (Å²) in [6, 6.07) is 8.02. The summed E-state index contributed by atoms with van der Waals surface area (Å²) in [4.78, 5) is 0. The fraction of sp³-hybridized carbons (Fsp3) is 0.364. The van der Waals surface area contributed by atoms with Gasteiger partial charge in [-0.1, -0.05) is 6.07 Å². The third kappa shape index (κ3) is 1.43. The zero-order chi connectivity index (χ0) is 9.47. The Bertz CT molecular complexity index is 384. The molecule has 0 aromatic heterocycles. The number of nitriles is 1. The smallest absolute Gasteiger partial charge is 0.0991 e. The first-order valence-electron chi connectivity index (χ1n) is 4.45. The van der Waals surface area contributed by atoms with Crippen LogP contribution in [0.3, 0.4) is 0 Å². The predicted octanol–water partition coefficient (Wildman–Crippen LogP) is 1.81. The van der Waals surface area contributed by atoms with E-state index < -0.39 is 0 Å². The molecule has 2 rings (SSSR count). The Balaban J connectivity index is 2.48. The van der Waals surface area contributed by atoms with Crippen LogP contribution in [0.1, 0.15) is 29.5 Å². The lowest BCUT2D eigenvalue weighted by atomic mass is 10.0. The van der Waals surface area contributed by atoms with E-state index in [-0.39, 0.29) is 5.54 Å². The van der Waals surface area contributed by atoms with Crippen LogP contribution in [0.25, 0.3) is 0 Å². The van der Waals surface area contributed by atoms with Crippen LogP contribution in [0.2, 0.25) is 0 Å². The molecule has 1 fully saturated rings. The van der Waals surface area contributed by atoms with Gasteiger partial charge in [-0.2, -0.15) is 5.26 Å². The van der Waals surface area contributed by atoms with Crippen molar-refractivity contribution in [3.63, 3.8) is 0 Å². The molecule has 1 saturated carbocycles. The highest BCUT2D eigenvalue weighted by Gasteiger charge is 2.40. The van der Waals surface area contributed by atoms with E-state index >= 15 is 0 Å². The molecule has 1 aliphatic rings. The third-order valence-corrected chi connectivity index (χ3v) is 2.57. The second-order valence-corrected chi connectivity index (χ2v) is 3.86. The quantitative estimate of drug-likeness (QED) is 0.702. The average Bonchev–Trinajstić information content (AvgIpc) is 2.84. The maximum atomic E-state index is 8.78. The van der Waals surface area contributed by atoms with E-state index in [9.17, 15) is 0 Å². The summed E-state index contributed by atoms with van der Waals surface area (Å²) < 4.78 is 0. The van der Waals surface area contributed by atoms with Crippen molar-refractivity contribution in [3.8, 4) is 6.07 Å². The van der Waals surface area contributed by atoms with Gasteiger partial charge in [0, 0.05) is 5.54 Å². The van der Waals surface area contributed by atoms with E-state index in [2.05, 4.69) is 12.1 Å². The summed E-state index contributed by atoms with van der Waals surface area (Å²) in [6.07, 6.45) is 2.09. The van der Waals surface area contributed by atoms with Gasteiger partial charge < -0.3 is 5.73 Å². The van der Waals surface area contributed by atoms with Crippen LogP contribution < -0.4 is 5.73 Å². The Hall–Kier alpha value is -1.33. The first kappa shape index (κ1) is 8.28. The normalized spacial score (nSPS) is 17.9. The number of aryl methyl sites for hydroxylation is 1. The van der Waals surface area contributed by atoms with Crippen LogP contribution in [-0.4, -0.2) is 0 Å². The van der Waals surface area contributed by atoms with E-state index in [0.717, 1.165) is 24.0 Å². The second-order valence-electron chi connectivity index (χ2n) is 3.86. The molecule has 0 aliphatic heterocycles. The van der Waals surface area contributed by atoms with Crippen molar-refractivity contribution in [2.45, 2.75) is 25.3 Å². The molecule has 0 atom stereocenters. The largest absolute Gasteiger partial charge is 0.321 e. The number of hydrogen-bond acceptors (Lipinski definition) is 2. The van der Waals surface area contributed by atoms with Crippen molar-refractivity contribution in [2.24, 2.45) is 5.73 Å². The fourth-order valence-electron chi connectivity index (χ4n) is 1.56. The SMILES string of the molecule is Cc1cc(C#N)cc(C2(N)CC2)c1. The molecule has 2 N–H and O–H groups in total. The zero-order valence-electron chi connectivity index (χ0n) is 7.67. The van der Waals surface area contributed by atoms with Gasteiger partial charge in [-0.25, -0.2) is 0 Å². The van der Waals surface area contributed by atoms with Gasteiger partial charge in [0.15, 0.2) is 0 Å². The summed E-state index contributed by atoms with van der Waals surface area (Å²) in [5.41, 5.74) is 8.87. The monoisotopic (exact) mass is 172 g/mol. The van der Waals surface area contributed by atoms with Gasteiger partial charge in [-0.3, -0.25) is 0 Å². The van der Waals surface area contributed by atoms with E-state index in [4.69, 9.17) is 11.0 Å². The van der Waals surface area contributed by atoms with Crippen LogP contribution >= 0.6 is 0 Å². The summed E-state index contributed by atoms with van der Waals surface area (Å²) >= 11 is 0. The maximum Gasteiger partial charge on any atom is 0.0991 e. The van der Waals surface area contributed by atoms with Crippen molar-refractivity contribution < 1.29 is 0 Å². The molecule has 1 aromatic carbocycles. The number of rotatable bonds is 1. The highest BCUT2D eigenvalue weighted by atomic mass is 14.8. The Labute approximate surface area is 78.0 Å². The van der Waals surface area contributed by atoms with E-state index in [1.807, 2.05) is 19.1 Å². The van der Waals surface area contributed by atoms with Crippen LogP contribution in [-0.2, 0) is 5.54 Å². The molecule has 0 unspecified atom stereocenters. The number of benzene rings is 1. The molecule has 0 bridgehead atoms. The van der Waals surface area contributed by atoms with Crippen LogP contribution in [0, 0.1) is 18.3 Å². The minimum atomic E-state index is -0.127. The molecule has 2 heteroatoms. The molecular formula is C11H12N2. The zero-order valence-corrected chi connectivity index (χ0v) is 7.67. The molecule has 0 heterocycles. The molecule has 66 valence electrons. The summed E-state index contributed by atoms with van der Waals surface area (Å²) in [5, 5.41) is 8.78. The van der Waals surface area contributed by atoms with Crippen molar-refractivity contribution in [3.05, 3.63) is 34.9 Å². The lowest BCUT2D eigenvalue weighted by Crippen LogP contribution is -2.18. The van der Waals surface area contributed by atoms with Gasteiger partial charge in [-0.15, -0.1) is 0 Å².